The molecule has 0 bridgehead atoms. The van der Waals surface area contributed by atoms with E-state index < -0.39 is 8.80 Å². The Morgan fingerprint density at radius 1 is 0.302 bits per heavy atom. The van der Waals surface area contributed by atoms with Gasteiger partial charge in [-0.25, -0.2) is 0 Å². The monoisotopic (exact) mass is 790 g/mol. The molecule has 4 nitrogen and oxygen atoms in total. The minimum Gasteiger partial charge on any atom is -1.00 e. The summed E-state index contributed by atoms with van der Waals surface area (Å²) >= 11 is 0. The van der Waals surface area contributed by atoms with Crippen LogP contribution in [0.15, 0.2) is 0 Å². The van der Waals surface area contributed by atoms with Gasteiger partial charge in [0.15, 0.2) is 0 Å². The fraction of sp³-hybridized carbons (Fsp3) is 1.00. The zero-order valence-corrected chi connectivity index (χ0v) is 39.3. The summed E-state index contributed by atoms with van der Waals surface area (Å²) in [5.41, 5.74) is 0. The Morgan fingerprint density at radius 3 is 0.698 bits per heavy atom. The number of hydrogen-bond acceptors (Lipinski definition) is 3. The van der Waals surface area contributed by atoms with Crippen LogP contribution in [0, 0.1) is 0 Å². The van der Waals surface area contributed by atoms with Crippen molar-refractivity contribution in [1.29, 1.82) is 0 Å². The second-order valence-corrected chi connectivity index (χ2v) is 20.3. The van der Waals surface area contributed by atoms with Crippen LogP contribution in [0.4, 0.5) is 0 Å². The highest BCUT2D eigenvalue weighted by Crippen LogP contribution is 2.21. The van der Waals surface area contributed by atoms with Crippen LogP contribution in [-0.2, 0) is 13.3 Å². The molecule has 0 radical (unpaired) electrons. The zero-order valence-electron chi connectivity index (χ0n) is 37.5. The number of hydrogen-bond donors (Lipinski definition) is 0. The SMILES string of the molecule is CCCCCCCCCCCCCCCCCCCC[N+](C)(CCCCCCCCCCCCCCCCCCCC)CCC[Si](OC)(OC)OC.[Cl-]. The van der Waals surface area contributed by atoms with Crippen LogP contribution in [0.2, 0.25) is 6.04 Å². The van der Waals surface area contributed by atoms with Gasteiger partial charge in [-0.3, -0.25) is 0 Å². The van der Waals surface area contributed by atoms with E-state index in [0.717, 1.165) is 12.5 Å². The molecular formula is C47H100ClNO3Si. The molecule has 322 valence electrons. The summed E-state index contributed by atoms with van der Waals surface area (Å²) in [6.45, 7) is 8.47. The van der Waals surface area contributed by atoms with Crippen LogP contribution >= 0.6 is 0 Å². The van der Waals surface area contributed by atoms with Crippen molar-refractivity contribution < 1.29 is 30.2 Å². The summed E-state index contributed by atoms with van der Waals surface area (Å²) < 4.78 is 18.4. The molecule has 0 saturated heterocycles. The van der Waals surface area contributed by atoms with Gasteiger partial charge in [0.2, 0.25) is 0 Å². The molecule has 0 aromatic rings. The quantitative estimate of drug-likeness (QED) is 0.0349. The predicted octanol–water partition coefficient (Wildman–Crippen LogP) is 12.8. The first-order chi connectivity index (χ1) is 25.5. The lowest BCUT2D eigenvalue weighted by Gasteiger charge is -2.36. The van der Waals surface area contributed by atoms with Crippen molar-refractivity contribution in [2.24, 2.45) is 0 Å². The number of unbranched alkanes of at least 4 members (excludes halogenated alkanes) is 34. The van der Waals surface area contributed by atoms with Crippen molar-refractivity contribution in [3.05, 3.63) is 0 Å². The van der Waals surface area contributed by atoms with Crippen LogP contribution in [0.1, 0.15) is 251 Å². The topological polar surface area (TPSA) is 27.7 Å². The molecule has 0 aliphatic rings. The van der Waals surface area contributed by atoms with E-state index in [1.54, 1.807) is 21.3 Å². The van der Waals surface area contributed by atoms with E-state index in [9.17, 15) is 0 Å². The van der Waals surface area contributed by atoms with Crippen molar-refractivity contribution in [3.8, 4) is 0 Å². The Hall–Kier alpha value is 0.347. The highest BCUT2D eigenvalue weighted by atomic mass is 35.5. The summed E-state index contributed by atoms with van der Waals surface area (Å²) in [5.74, 6) is 0. The highest BCUT2D eigenvalue weighted by molar-refractivity contribution is 6.60. The van der Waals surface area contributed by atoms with Crippen LogP contribution in [0.3, 0.4) is 0 Å². The van der Waals surface area contributed by atoms with Gasteiger partial charge in [0, 0.05) is 33.8 Å². The third-order valence-corrected chi connectivity index (χ3v) is 15.0. The Kier molecular flexibility index (Phi) is 45.5. The first-order valence-corrected chi connectivity index (χ1v) is 25.9. The first kappa shape index (κ1) is 55.4. The fourth-order valence-corrected chi connectivity index (χ4v) is 10.1. The molecule has 0 rings (SSSR count). The van der Waals surface area contributed by atoms with E-state index in [-0.39, 0.29) is 12.4 Å². The molecular weight excluding hydrogens is 690 g/mol. The molecule has 0 aliphatic carbocycles. The number of halogens is 1. The smallest absolute Gasteiger partial charge is 0.500 e. The average molecular weight is 791 g/mol. The maximum atomic E-state index is 5.74. The average Bonchev–Trinajstić information content (AvgIpc) is 3.16. The maximum Gasteiger partial charge on any atom is 0.500 e. The van der Waals surface area contributed by atoms with Crippen LogP contribution in [0.5, 0.6) is 0 Å². The molecule has 0 amide bonds. The van der Waals surface area contributed by atoms with Crippen molar-refractivity contribution in [3.63, 3.8) is 0 Å². The summed E-state index contributed by atoms with van der Waals surface area (Å²) in [6.07, 6.45) is 53.1. The van der Waals surface area contributed by atoms with Crippen LogP contribution in [-0.4, -0.2) is 61.3 Å². The summed E-state index contributed by atoms with van der Waals surface area (Å²) in [4.78, 5) is 0. The van der Waals surface area contributed by atoms with Gasteiger partial charge < -0.3 is 30.2 Å². The lowest BCUT2D eigenvalue weighted by Crippen LogP contribution is -3.00. The summed E-state index contributed by atoms with van der Waals surface area (Å²) in [5, 5.41) is 0. The van der Waals surface area contributed by atoms with Gasteiger partial charge >= 0.3 is 8.80 Å². The van der Waals surface area contributed by atoms with Gasteiger partial charge in [-0.15, -0.1) is 0 Å². The minimum absolute atomic E-state index is 0. The van der Waals surface area contributed by atoms with E-state index in [1.807, 2.05) is 0 Å². The molecule has 53 heavy (non-hydrogen) atoms. The second kappa shape index (κ2) is 43.5. The third kappa shape index (κ3) is 37.7. The molecule has 6 heteroatoms. The molecule has 0 spiro atoms. The van der Waals surface area contributed by atoms with Crippen molar-refractivity contribution >= 4 is 8.80 Å². The van der Waals surface area contributed by atoms with Crippen LogP contribution in [0.25, 0.3) is 0 Å². The molecule has 0 fully saturated rings. The van der Waals surface area contributed by atoms with E-state index >= 15 is 0 Å². The predicted molar refractivity (Wildman–Crippen MR) is 235 cm³/mol. The van der Waals surface area contributed by atoms with Gasteiger partial charge in [-0.05, 0) is 25.7 Å². The number of quaternary nitrogens is 1. The molecule has 0 unspecified atom stereocenters. The first-order valence-electron chi connectivity index (χ1n) is 24.0. The van der Waals surface area contributed by atoms with Crippen LogP contribution < -0.4 is 12.4 Å². The number of nitrogens with zero attached hydrogens (tertiary/aromatic N) is 1. The maximum absolute atomic E-state index is 5.74. The molecule has 0 aromatic heterocycles. The van der Waals surface area contributed by atoms with Crippen molar-refractivity contribution in [2.75, 3.05) is 48.0 Å². The molecule has 0 saturated carbocycles. The molecule has 0 aliphatic heterocycles. The van der Waals surface area contributed by atoms with Gasteiger partial charge in [0.1, 0.15) is 0 Å². The molecule has 0 atom stereocenters. The Labute approximate surface area is 343 Å². The normalized spacial score (nSPS) is 12.1. The van der Waals surface area contributed by atoms with E-state index in [0.29, 0.717) is 0 Å². The number of rotatable bonds is 45. The zero-order chi connectivity index (χ0) is 38.1. The van der Waals surface area contributed by atoms with Gasteiger partial charge in [0.05, 0.1) is 26.7 Å². The Morgan fingerprint density at radius 2 is 0.491 bits per heavy atom. The lowest BCUT2D eigenvalue weighted by atomic mass is 10.0. The summed E-state index contributed by atoms with van der Waals surface area (Å²) in [6, 6.07) is 0.919. The summed E-state index contributed by atoms with van der Waals surface area (Å²) in [7, 11) is 5.30. The Balaban J connectivity index is 0. The van der Waals surface area contributed by atoms with Gasteiger partial charge in [0.25, 0.3) is 0 Å². The van der Waals surface area contributed by atoms with Gasteiger partial charge in [-0.2, -0.15) is 0 Å². The lowest BCUT2D eigenvalue weighted by molar-refractivity contribution is -0.910. The van der Waals surface area contributed by atoms with E-state index in [4.69, 9.17) is 13.3 Å². The molecule has 0 N–H and O–H groups in total. The standard InChI is InChI=1S/C47H100NO3Si.ClH/c1-7-9-11-13-15-17-19-21-23-25-27-29-31-33-35-37-39-41-44-48(3,46-43-47-52(49-4,50-5)51-6)45-42-40-38-36-34-32-30-28-26-24-22-20-18-16-14-12-10-8-2;/h7-47H2,1-6H3;1H/q+1;/p-1. The van der Waals surface area contributed by atoms with Crippen molar-refractivity contribution in [2.45, 2.75) is 257 Å². The largest absolute Gasteiger partial charge is 1.00 e. The van der Waals surface area contributed by atoms with Gasteiger partial charge in [-0.1, -0.05) is 219 Å². The molecule has 0 aromatic carbocycles. The third-order valence-electron chi connectivity index (χ3n) is 12.2. The second-order valence-electron chi connectivity index (χ2n) is 17.2. The van der Waals surface area contributed by atoms with Crippen molar-refractivity contribution in [1.82, 2.24) is 0 Å². The Bertz CT molecular complexity index is 632. The minimum atomic E-state index is -2.49. The highest BCUT2D eigenvalue weighted by Gasteiger charge is 2.38. The fourth-order valence-electron chi connectivity index (χ4n) is 8.36. The molecule has 0 heterocycles. The van der Waals surface area contributed by atoms with E-state index in [1.165, 1.54) is 255 Å². The van der Waals surface area contributed by atoms with E-state index in [2.05, 4.69) is 20.9 Å².